The van der Waals surface area contributed by atoms with Crippen LogP contribution in [0.4, 0.5) is 0 Å². The maximum atomic E-state index is 12.1. The van der Waals surface area contributed by atoms with Crippen molar-refractivity contribution < 1.29 is 13.9 Å². The number of fused-ring (bicyclic) bond motifs is 2. The van der Waals surface area contributed by atoms with Gasteiger partial charge in [-0.3, -0.25) is 0 Å². The third kappa shape index (κ3) is 4.56. The number of unbranched alkanes of at least 4 members (excludes halogenated alkanes) is 1. The number of hydrogen-bond acceptors (Lipinski definition) is 6. The summed E-state index contributed by atoms with van der Waals surface area (Å²) in [6.07, 6.45) is 5.67. The van der Waals surface area contributed by atoms with E-state index < -0.39 is 0 Å². The van der Waals surface area contributed by atoms with Crippen molar-refractivity contribution in [3.63, 3.8) is 0 Å². The Morgan fingerprint density at radius 3 is 2.67 bits per heavy atom. The van der Waals surface area contributed by atoms with Crippen LogP contribution in [0, 0.1) is 0 Å². The summed E-state index contributed by atoms with van der Waals surface area (Å²) in [4.78, 5) is 22.0. The molecular weight excluding hydrogens is 472 g/mol. The van der Waals surface area contributed by atoms with Gasteiger partial charge in [-0.1, -0.05) is 31.2 Å². The van der Waals surface area contributed by atoms with E-state index in [1.165, 1.54) is 7.11 Å². The van der Waals surface area contributed by atoms with Gasteiger partial charge in [0.05, 0.1) is 47.5 Å². The van der Waals surface area contributed by atoms with Crippen molar-refractivity contribution in [1.82, 2.24) is 19.1 Å². The lowest BCUT2D eigenvalue weighted by molar-refractivity contribution is 0.0601. The molecule has 0 unspecified atom stereocenters. The van der Waals surface area contributed by atoms with Crippen LogP contribution in [0.25, 0.3) is 33.5 Å². The number of aromatic nitrogens is 4. The minimum atomic E-state index is -0.366. The Hall–Kier alpha value is -3.78. The van der Waals surface area contributed by atoms with Gasteiger partial charge in [0.2, 0.25) is 0 Å². The van der Waals surface area contributed by atoms with E-state index in [4.69, 9.17) is 19.1 Å². The number of methoxy groups -OCH3 is 1. The molecule has 0 aliphatic heterocycles. The van der Waals surface area contributed by atoms with Crippen LogP contribution < -0.4 is 0 Å². The molecular formula is C28H28N4O3S. The minimum Gasteiger partial charge on any atom is -0.467 e. The lowest BCUT2D eigenvalue weighted by Gasteiger charge is -2.09. The second-order valence-electron chi connectivity index (χ2n) is 8.50. The van der Waals surface area contributed by atoms with Crippen LogP contribution in [0.1, 0.15) is 35.9 Å². The molecule has 0 spiro atoms. The lowest BCUT2D eigenvalue weighted by Crippen LogP contribution is -2.02. The molecule has 0 atom stereocenters. The summed E-state index contributed by atoms with van der Waals surface area (Å²) in [5.74, 6) is 2.14. The number of nitrogens with zero attached hydrogens (tertiary/aromatic N) is 4. The van der Waals surface area contributed by atoms with Crippen molar-refractivity contribution in [1.29, 1.82) is 0 Å². The maximum absolute atomic E-state index is 12.1. The fourth-order valence-electron chi connectivity index (χ4n) is 4.34. The molecule has 7 nitrogen and oxygen atoms in total. The standard InChI is InChI=1S/C28H28N4O3S/c1-4-6-13-31-24-12-10-20(27(33)34-3)17-22(24)29-26(31)19-9-11-25-23(16-19)30-28(36-15-5-2)32(25)18-21-8-7-14-35-21/h5,7-12,14,16-17H,2,4,6,13,15,18H2,1,3H3. The first-order chi connectivity index (χ1) is 17.6. The Morgan fingerprint density at radius 1 is 1.11 bits per heavy atom. The van der Waals surface area contributed by atoms with Gasteiger partial charge < -0.3 is 18.3 Å². The Morgan fingerprint density at radius 2 is 1.92 bits per heavy atom. The summed E-state index contributed by atoms with van der Waals surface area (Å²) in [6, 6.07) is 15.7. The second kappa shape index (κ2) is 10.5. The van der Waals surface area contributed by atoms with E-state index in [2.05, 4.69) is 40.8 Å². The zero-order valence-electron chi connectivity index (χ0n) is 20.4. The van der Waals surface area contributed by atoms with Gasteiger partial charge in [-0.25, -0.2) is 14.8 Å². The van der Waals surface area contributed by atoms with E-state index >= 15 is 0 Å². The molecule has 0 aliphatic rings. The quantitative estimate of drug-likeness (QED) is 0.123. The minimum absolute atomic E-state index is 0.366. The van der Waals surface area contributed by atoms with Crippen LogP contribution >= 0.6 is 11.8 Å². The molecule has 184 valence electrons. The number of aryl methyl sites for hydroxylation is 1. The van der Waals surface area contributed by atoms with E-state index in [0.29, 0.717) is 12.1 Å². The van der Waals surface area contributed by atoms with Crippen molar-refractivity contribution >= 4 is 39.8 Å². The third-order valence-electron chi connectivity index (χ3n) is 6.10. The highest BCUT2D eigenvalue weighted by Gasteiger charge is 2.18. The van der Waals surface area contributed by atoms with E-state index in [0.717, 1.165) is 69.5 Å². The molecule has 5 rings (SSSR count). The van der Waals surface area contributed by atoms with Gasteiger partial charge in [0.25, 0.3) is 0 Å². The van der Waals surface area contributed by atoms with Crippen LogP contribution in [0.5, 0.6) is 0 Å². The normalized spacial score (nSPS) is 11.4. The molecule has 0 saturated carbocycles. The van der Waals surface area contributed by atoms with Crippen LogP contribution in [0.2, 0.25) is 0 Å². The van der Waals surface area contributed by atoms with Crippen LogP contribution in [0.15, 0.2) is 77.0 Å². The predicted molar refractivity (Wildman–Crippen MR) is 143 cm³/mol. The maximum Gasteiger partial charge on any atom is 0.337 e. The monoisotopic (exact) mass is 500 g/mol. The first-order valence-electron chi connectivity index (χ1n) is 12.0. The third-order valence-corrected chi connectivity index (χ3v) is 7.07. The Bertz CT molecular complexity index is 1530. The van der Waals surface area contributed by atoms with E-state index in [1.54, 1.807) is 30.2 Å². The number of hydrogen-bond donors (Lipinski definition) is 0. The van der Waals surface area contributed by atoms with E-state index in [-0.39, 0.29) is 5.97 Å². The van der Waals surface area contributed by atoms with Crippen LogP contribution in [-0.4, -0.2) is 37.9 Å². The fraction of sp³-hybridized carbons (Fsp3) is 0.250. The molecule has 3 aromatic heterocycles. The molecule has 0 fully saturated rings. The molecule has 0 bridgehead atoms. The molecule has 8 heteroatoms. The SMILES string of the molecule is C=CCSc1nc2cc(-c3nc4cc(C(=O)OC)ccc4n3CCCC)ccc2n1Cc1ccco1. The summed E-state index contributed by atoms with van der Waals surface area (Å²) < 4.78 is 14.9. The molecule has 0 N–H and O–H groups in total. The highest BCUT2D eigenvalue weighted by molar-refractivity contribution is 7.99. The first-order valence-corrected chi connectivity index (χ1v) is 13.0. The van der Waals surface area contributed by atoms with Crippen molar-refractivity contribution in [3.8, 4) is 11.4 Å². The molecule has 0 amide bonds. The first kappa shape index (κ1) is 23.9. The molecule has 2 aromatic carbocycles. The van der Waals surface area contributed by atoms with Gasteiger partial charge in [0.15, 0.2) is 5.16 Å². The largest absolute Gasteiger partial charge is 0.467 e. The molecule has 3 heterocycles. The smallest absolute Gasteiger partial charge is 0.337 e. The molecule has 0 aliphatic carbocycles. The Labute approximate surface area is 213 Å². The highest BCUT2D eigenvalue weighted by Crippen LogP contribution is 2.31. The van der Waals surface area contributed by atoms with Crippen LogP contribution in [0.3, 0.4) is 0 Å². The number of furan rings is 1. The molecule has 0 saturated heterocycles. The highest BCUT2D eigenvalue weighted by atomic mass is 32.2. The van der Waals surface area contributed by atoms with Gasteiger partial charge >= 0.3 is 5.97 Å². The zero-order chi connectivity index (χ0) is 25.1. The van der Waals surface area contributed by atoms with Gasteiger partial charge in [0.1, 0.15) is 11.6 Å². The number of benzene rings is 2. The topological polar surface area (TPSA) is 75.1 Å². The number of esters is 1. The number of imidazole rings is 2. The number of thioether (sulfide) groups is 1. The van der Waals surface area contributed by atoms with E-state index in [9.17, 15) is 4.79 Å². The summed E-state index contributed by atoms with van der Waals surface area (Å²) in [6.45, 7) is 7.47. The van der Waals surface area contributed by atoms with Crippen molar-refractivity contribution in [2.24, 2.45) is 0 Å². The van der Waals surface area contributed by atoms with E-state index in [1.807, 2.05) is 24.3 Å². The average Bonchev–Trinajstić information content (AvgIpc) is 3.63. The van der Waals surface area contributed by atoms with Gasteiger partial charge in [-0.2, -0.15) is 0 Å². The summed E-state index contributed by atoms with van der Waals surface area (Å²) in [7, 11) is 1.39. The Kier molecular flexibility index (Phi) is 6.95. The summed E-state index contributed by atoms with van der Waals surface area (Å²) >= 11 is 1.65. The number of carbonyl (C=O) groups excluding carboxylic acids is 1. The van der Waals surface area contributed by atoms with Gasteiger partial charge in [-0.05, 0) is 55.0 Å². The molecule has 5 aromatic rings. The van der Waals surface area contributed by atoms with Crippen molar-refractivity contribution in [2.45, 2.75) is 38.0 Å². The predicted octanol–water partition coefficient (Wildman–Crippen LogP) is 6.56. The van der Waals surface area contributed by atoms with Crippen molar-refractivity contribution in [2.75, 3.05) is 12.9 Å². The fourth-order valence-corrected chi connectivity index (χ4v) is 5.09. The van der Waals surface area contributed by atoms with Gasteiger partial charge in [0, 0.05) is 17.9 Å². The van der Waals surface area contributed by atoms with Crippen molar-refractivity contribution in [3.05, 3.63) is 78.8 Å². The average molecular weight is 501 g/mol. The number of carbonyl (C=O) groups is 1. The molecule has 0 radical (unpaired) electrons. The number of rotatable bonds is 10. The lowest BCUT2D eigenvalue weighted by atomic mass is 10.1. The van der Waals surface area contributed by atoms with Crippen LogP contribution in [-0.2, 0) is 17.8 Å². The zero-order valence-corrected chi connectivity index (χ0v) is 21.3. The second-order valence-corrected chi connectivity index (χ2v) is 9.49. The summed E-state index contributed by atoms with van der Waals surface area (Å²) in [5.41, 5.74) is 5.18. The summed E-state index contributed by atoms with van der Waals surface area (Å²) in [5, 5.41) is 0.917. The Balaban J connectivity index is 1.62. The molecule has 36 heavy (non-hydrogen) atoms. The van der Waals surface area contributed by atoms with Gasteiger partial charge in [-0.15, -0.1) is 6.58 Å². The number of ether oxygens (including phenoxy) is 1.